The summed E-state index contributed by atoms with van der Waals surface area (Å²) in [6.45, 7) is 6.41. The van der Waals surface area contributed by atoms with E-state index in [0.717, 1.165) is 0 Å². The normalized spacial score (nSPS) is 9.09. The highest BCUT2D eigenvalue weighted by molar-refractivity contribution is 9.10. The molecule has 0 spiro atoms. The van der Waals surface area contributed by atoms with E-state index in [1.54, 1.807) is 0 Å². The van der Waals surface area contributed by atoms with Crippen LogP contribution in [0.2, 0.25) is 0 Å². The Morgan fingerprint density at radius 3 is 2.00 bits per heavy atom. The molecule has 0 bridgehead atoms. The zero-order chi connectivity index (χ0) is 7.72. The van der Waals surface area contributed by atoms with Crippen molar-refractivity contribution in [3.8, 4) is 0 Å². The van der Waals surface area contributed by atoms with Crippen molar-refractivity contribution in [3.05, 3.63) is 33.3 Å². The van der Waals surface area contributed by atoms with Crippen LogP contribution in [-0.2, 0) is 0 Å². The van der Waals surface area contributed by atoms with Crippen LogP contribution in [0.1, 0.15) is 16.7 Å². The van der Waals surface area contributed by atoms with Crippen molar-refractivity contribution in [1.82, 2.24) is 6.15 Å². The molecule has 0 aliphatic carbocycles. The van der Waals surface area contributed by atoms with Gasteiger partial charge in [0, 0.05) is 4.47 Å². The van der Waals surface area contributed by atoms with Gasteiger partial charge < -0.3 is 6.15 Å². The molecule has 1 aromatic rings. The van der Waals surface area contributed by atoms with Crippen LogP contribution in [0.4, 0.5) is 0 Å². The molecule has 0 saturated carbocycles. The molecule has 62 valence electrons. The smallest absolute Gasteiger partial charge is 0.0207 e. The number of halogens is 1. The number of benzene rings is 1. The summed E-state index contributed by atoms with van der Waals surface area (Å²) in [6.07, 6.45) is 0. The Morgan fingerprint density at radius 2 is 1.55 bits per heavy atom. The SMILES string of the molecule is Cc1ccc(Br)c(C)c1C.N. The molecule has 0 aliphatic rings. The van der Waals surface area contributed by atoms with Crippen molar-refractivity contribution in [2.45, 2.75) is 20.8 Å². The molecule has 0 aromatic heterocycles. The lowest BCUT2D eigenvalue weighted by Gasteiger charge is -2.04. The second kappa shape index (κ2) is 3.88. The van der Waals surface area contributed by atoms with Gasteiger partial charge in [0.1, 0.15) is 0 Å². The molecule has 0 radical (unpaired) electrons. The largest absolute Gasteiger partial charge is 0.344 e. The third kappa shape index (κ3) is 2.04. The summed E-state index contributed by atoms with van der Waals surface area (Å²) >= 11 is 3.48. The van der Waals surface area contributed by atoms with Crippen LogP contribution in [0.15, 0.2) is 16.6 Å². The number of aryl methyl sites for hydroxylation is 1. The predicted molar refractivity (Wildman–Crippen MR) is 53.4 cm³/mol. The van der Waals surface area contributed by atoms with E-state index in [0.29, 0.717) is 0 Å². The Balaban J connectivity index is 0.000001000. The lowest BCUT2D eigenvalue weighted by atomic mass is 10.1. The van der Waals surface area contributed by atoms with Gasteiger partial charge in [0.05, 0.1) is 0 Å². The van der Waals surface area contributed by atoms with Crippen molar-refractivity contribution >= 4 is 15.9 Å². The van der Waals surface area contributed by atoms with E-state index in [1.165, 1.54) is 21.2 Å². The molecule has 0 saturated heterocycles. The highest BCUT2D eigenvalue weighted by Gasteiger charge is 1.98. The Morgan fingerprint density at radius 1 is 1.00 bits per heavy atom. The minimum Gasteiger partial charge on any atom is -0.344 e. The molecule has 0 atom stereocenters. The van der Waals surface area contributed by atoms with E-state index in [9.17, 15) is 0 Å². The van der Waals surface area contributed by atoms with Gasteiger partial charge in [-0.3, -0.25) is 0 Å². The van der Waals surface area contributed by atoms with E-state index in [-0.39, 0.29) is 6.15 Å². The maximum absolute atomic E-state index is 3.48. The van der Waals surface area contributed by atoms with Gasteiger partial charge in [-0.15, -0.1) is 0 Å². The third-order valence-electron chi connectivity index (χ3n) is 1.99. The molecule has 2 heteroatoms. The van der Waals surface area contributed by atoms with E-state index in [4.69, 9.17) is 0 Å². The Kier molecular flexibility index (Phi) is 3.76. The topological polar surface area (TPSA) is 35.0 Å². The molecule has 0 amide bonds. The third-order valence-corrected chi connectivity index (χ3v) is 2.85. The molecular weight excluding hydrogens is 202 g/mol. The Labute approximate surface area is 76.5 Å². The van der Waals surface area contributed by atoms with Crippen LogP contribution in [0, 0.1) is 20.8 Å². The average molecular weight is 216 g/mol. The monoisotopic (exact) mass is 215 g/mol. The Bertz CT molecular complexity index is 229. The van der Waals surface area contributed by atoms with Gasteiger partial charge in [-0.05, 0) is 43.5 Å². The van der Waals surface area contributed by atoms with Gasteiger partial charge in [-0.25, -0.2) is 0 Å². The van der Waals surface area contributed by atoms with Gasteiger partial charge in [0.15, 0.2) is 0 Å². The first kappa shape index (κ1) is 10.7. The summed E-state index contributed by atoms with van der Waals surface area (Å²) in [4.78, 5) is 0. The number of rotatable bonds is 0. The van der Waals surface area contributed by atoms with Crippen molar-refractivity contribution < 1.29 is 0 Å². The molecular formula is C9H14BrN. The van der Waals surface area contributed by atoms with E-state index in [1.807, 2.05) is 0 Å². The van der Waals surface area contributed by atoms with Gasteiger partial charge >= 0.3 is 0 Å². The first-order valence-corrected chi connectivity index (χ1v) is 4.14. The van der Waals surface area contributed by atoms with Gasteiger partial charge in [0.25, 0.3) is 0 Å². The van der Waals surface area contributed by atoms with Gasteiger partial charge in [-0.1, -0.05) is 22.0 Å². The highest BCUT2D eigenvalue weighted by atomic mass is 79.9. The summed E-state index contributed by atoms with van der Waals surface area (Å²) in [5.41, 5.74) is 4.09. The van der Waals surface area contributed by atoms with Crippen molar-refractivity contribution in [1.29, 1.82) is 0 Å². The summed E-state index contributed by atoms with van der Waals surface area (Å²) in [6, 6.07) is 4.23. The minimum atomic E-state index is 0. The fourth-order valence-electron chi connectivity index (χ4n) is 0.923. The highest BCUT2D eigenvalue weighted by Crippen LogP contribution is 2.21. The van der Waals surface area contributed by atoms with Gasteiger partial charge in [-0.2, -0.15) is 0 Å². The molecule has 0 unspecified atom stereocenters. The molecule has 1 rings (SSSR count). The number of hydrogen-bond donors (Lipinski definition) is 1. The predicted octanol–water partition coefficient (Wildman–Crippen LogP) is 3.54. The van der Waals surface area contributed by atoms with Crippen LogP contribution in [0.5, 0.6) is 0 Å². The summed E-state index contributed by atoms with van der Waals surface area (Å²) in [7, 11) is 0. The maximum atomic E-state index is 3.48. The number of hydrogen-bond acceptors (Lipinski definition) is 1. The van der Waals surface area contributed by atoms with Crippen molar-refractivity contribution in [2.75, 3.05) is 0 Å². The fraction of sp³-hybridized carbons (Fsp3) is 0.333. The molecule has 1 nitrogen and oxygen atoms in total. The molecule has 1 aromatic carbocycles. The fourth-order valence-corrected chi connectivity index (χ4v) is 1.35. The zero-order valence-electron chi connectivity index (χ0n) is 7.24. The van der Waals surface area contributed by atoms with Crippen molar-refractivity contribution in [2.24, 2.45) is 0 Å². The van der Waals surface area contributed by atoms with Crippen LogP contribution < -0.4 is 6.15 Å². The minimum absolute atomic E-state index is 0. The first-order valence-electron chi connectivity index (χ1n) is 3.35. The van der Waals surface area contributed by atoms with Crippen molar-refractivity contribution in [3.63, 3.8) is 0 Å². The molecule has 3 N–H and O–H groups in total. The van der Waals surface area contributed by atoms with Crippen LogP contribution in [-0.4, -0.2) is 0 Å². The Hall–Kier alpha value is -0.340. The molecule has 11 heavy (non-hydrogen) atoms. The lowest BCUT2D eigenvalue weighted by molar-refractivity contribution is 1.25. The second-order valence-corrected chi connectivity index (χ2v) is 3.47. The lowest BCUT2D eigenvalue weighted by Crippen LogP contribution is -1.85. The van der Waals surface area contributed by atoms with Crippen LogP contribution in [0.3, 0.4) is 0 Å². The average Bonchev–Trinajstić information content (AvgIpc) is 1.93. The molecule has 0 aliphatic heterocycles. The molecule has 0 fully saturated rings. The summed E-state index contributed by atoms with van der Waals surface area (Å²) in [5, 5.41) is 0. The first-order chi connectivity index (χ1) is 4.63. The maximum Gasteiger partial charge on any atom is 0.0207 e. The van der Waals surface area contributed by atoms with E-state index < -0.39 is 0 Å². The quantitative estimate of drug-likeness (QED) is 0.707. The van der Waals surface area contributed by atoms with E-state index >= 15 is 0 Å². The molecule has 0 heterocycles. The van der Waals surface area contributed by atoms with Crippen LogP contribution in [0.25, 0.3) is 0 Å². The summed E-state index contributed by atoms with van der Waals surface area (Å²) in [5.74, 6) is 0. The summed E-state index contributed by atoms with van der Waals surface area (Å²) < 4.78 is 1.20. The second-order valence-electron chi connectivity index (χ2n) is 2.61. The van der Waals surface area contributed by atoms with Gasteiger partial charge in [0.2, 0.25) is 0 Å². The van der Waals surface area contributed by atoms with E-state index in [2.05, 4.69) is 48.8 Å². The zero-order valence-corrected chi connectivity index (χ0v) is 8.83. The standard InChI is InChI=1S/C9H11Br.H3N/c1-6-4-5-9(10)8(3)7(6)2;/h4-5H,1-3H3;1H3. The van der Waals surface area contributed by atoms with Crippen LogP contribution >= 0.6 is 15.9 Å².